The van der Waals surface area contributed by atoms with Crippen LogP contribution in [-0.4, -0.2) is 24.2 Å². The molecule has 0 aliphatic rings. The highest BCUT2D eigenvalue weighted by atomic mass is 32.2. The van der Waals surface area contributed by atoms with E-state index in [-0.39, 0.29) is 5.56 Å². The van der Waals surface area contributed by atoms with Crippen LogP contribution in [0.3, 0.4) is 0 Å². The first-order valence-electron chi connectivity index (χ1n) is 6.22. The number of aryl methyl sites for hydroxylation is 1. The van der Waals surface area contributed by atoms with Gasteiger partial charge in [-0.05, 0) is 36.8 Å². The first-order valence-corrected chi connectivity index (χ1v) is 7.03. The molecule has 2 aromatic carbocycles. The molecule has 0 amide bonds. The van der Waals surface area contributed by atoms with E-state index >= 15 is 0 Å². The minimum Gasteiger partial charge on any atom is -0.478 e. The maximum absolute atomic E-state index is 11.8. The van der Waals surface area contributed by atoms with Crippen molar-refractivity contribution >= 4 is 23.7 Å². The molecule has 0 bridgehead atoms. The zero-order chi connectivity index (χ0) is 15.4. The molecule has 0 aliphatic heterocycles. The normalized spacial score (nSPS) is 10.2. The second-order valence-corrected chi connectivity index (χ2v) is 5.48. The van der Waals surface area contributed by atoms with E-state index < -0.39 is 11.9 Å². The topological polar surface area (TPSA) is 63.6 Å². The number of ether oxygens (including phenoxy) is 1. The Hall–Kier alpha value is -2.27. The molecule has 4 nitrogen and oxygen atoms in total. The second-order valence-electron chi connectivity index (χ2n) is 4.39. The molecule has 0 heterocycles. The van der Waals surface area contributed by atoms with Crippen molar-refractivity contribution < 1.29 is 19.4 Å². The van der Waals surface area contributed by atoms with Crippen molar-refractivity contribution in [2.24, 2.45) is 0 Å². The van der Waals surface area contributed by atoms with Gasteiger partial charge in [0.1, 0.15) is 0 Å². The third-order valence-corrected chi connectivity index (χ3v) is 4.01. The number of carboxylic acids is 1. The number of carbonyl (C=O) groups is 2. The lowest BCUT2D eigenvalue weighted by Gasteiger charge is -2.10. The van der Waals surface area contributed by atoms with Crippen LogP contribution < -0.4 is 0 Å². The number of aromatic carboxylic acids is 1. The third-order valence-electron chi connectivity index (χ3n) is 2.88. The molecule has 0 saturated heterocycles. The molecule has 21 heavy (non-hydrogen) atoms. The van der Waals surface area contributed by atoms with E-state index in [0.717, 1.165) is 5.56 Å². The van der Waals surface area contributed by atoms with E-state index in [1.54, 1.807) is 24.3 Å². The number of rotatable bonds is 4. The van der Waals surface area contributed by atoms with Crippen LogP contribution in [0.15, 0.2) is 52.3 Å². The molecule has 5 heteroatoms. The summed E-state index contributed by atoms with van der Waals surface area (Å²) in [7, 11) is 1.32. The van der Waals surface area contributed by atoms with Gasteiger partial charge in [0.15, 0.2) is 0 Å². The molecule has 0 atom stereocenters. The Morgan fingerprint density at radius 2 is 1.76 bits per heavy atom. The first-order chi connectivity index (χ1) is 10.0. The Labute approximate surface area is 126 Å². The van der Waals surface area contributed by atoms with Crippen molar-refractivity contribution in [1.29, 1.82) is 0 Å². The van der Waals surface area contributed by atoms with Gasteiger partial charge in [-0.3, -0.25) is 0 Å². The van der Waals surface area contributed by atoms with Crippen molar-refractivity contribution in [1.82, 2.24) is 0 Å². The van der Waals surface area contributed by atoms with Crippen LogP contribution in [0.5, 0.6) is 0 Å². The van der Waals surface area contributed by atoms with Gasteiger partial charge in [-0.2, -0.15) is 0 Å². The molecule has 2 rings (SSSR count). The van der Waals surface area contributed by atoms with Gasteiger partial charge in [0.2, 0.25) is 0 Å². The van der Waals surface area contributed by atoms with Crippen LogP contribution >= 0.6 is 11.8 Å². The minimum atomic E-state index is -0.995. The van der Waals surface area contributed by atoms with Crippen molar-refractivity contribution in [3.63, 3.8) is 0 Å². The van der Waals surface area contributed by atoms with E-state index in [0.29, 0.717) is 15.4 Å². The summed E-state index contributed by atoms with van der Waals surface area (Å²) in [6.45, 7) is 1.91. The summed E-state index contributed by atoms with van der Waals surface area (Å²) in [6, 6.07) is 12.0. The fourth-order valence-electron chi connectivity index (χ4n) is 1.84. The van der Waals surface area contributed by atoms with Crippen molar-refractivity contribution in [3.05, 3.63) is 59.2 Å². The Morgan fingerprint density at radius 3 is 2.43 bits per heavy atom. The predicted molar refractivity (Wildman–Crippen MR) is 80.0 cm³/mol. The summed E-state index contributed by atoms with van der Waals surface area (Å²) in [4.78, 5) is 24.3. The molecule has 0 unspecified atom stereocenters. The summed E-state index contributed by atoms with van der Waals surface area (Å²) in [5, 5.41) is 9.22. The fraction of sp³-hybridized carbons (Fsp3) is 0.125. The van der Waals surface area contributed by atoms with Gasteiger partial charge in [0.05, 0.1) is 18.2 Å². The summed E-state index contributed by atoms with van der Waals surface area (Å²) in [5.74, 6) is -1.43. The van der Waals surface area contributed by atoms with Crippen LogP contribution in [0.1, 0.15) is 26.3 Å². The molecule has 0 fully saturated rings. The lowest BCUT2D eigenvalue weighted by atomic mass is 10.1. The van der Waals surface area contributed by atoms with E-state index in [9.17, 15) is 14.7 Å². The Bertz CT molecular complexity index is 694. The molecule has 0 aromatic heterocycles. The zero-order valence-electron chi connectivity index (χ0n) is 11.6. The molecule has 0 spiro atoms. The van der Waals surface area contributed by atoms with E-state index in [1.807, 2.05) is 19.1 Å². The van der Waals surface area contributed by atoms with Crippen molar-refractivity contribution in [2.75, 3.05) is 7.11 Å². The standard InChI is InChI=1S/C16H14O4S/c1-10-7-8-12(16(19)20-2)14(9-10)21-13-6-4-3-5-11(13)15(17)18/h3-9H,1-2H3,(H,17,18). The van der Waals surface area contributed by atoms with Crippen LogP contribution in [0.25, 0.3) is 0 Å². The van der Waals surface area contributed by atoms with Gasteiger partial charge in [0.25, 0.3) is 0 Å². The van der Waals surface area contributed by atoms with Crippen LogP contribution in [0.4, 0.5) is 0 Å². The number of carboxylic acid groups (broad SMARTS) is 1. The van der Waals surface area contributed by atoms with Crippen molar-refractivity contribution in [3.8, 4) is 0 Å². The summed E-state index contributed by atoms with van der Waals surface area (Å²) < 4.78 is 4.76. The number of esters is 1. The minimum absolute atomic E-state index is 0.208. The monoisotopic (exact) mass is 302 g/mol. The highest BCUT2D eigenvalue weighted by molar-refractivity contribution is 7.99. The summed E-state index contributed by atoms with van der Waals surface area (Å²) in [6.07, 6.45) is 0. The van der Waals surface area contributed by atoms with Gasteiger partial charge in [-0.15, -0.1) is 0 Å². The summed E-state index contributed by atoms with van der Waals surface area (Å²) in [5.41, 5.74) is 1.62. The average molecular weight is 302 g/mol. The molecular weight excluding hydrogens is 288 g/mol. The molecule has 0 aliphatic carbocycles. The second kappa shape index (κ2) is 6.45. The summed E-state index contributed by atoms with van der Waals surface area (Å²) >= 11 is 1.25. The van der Waals surface area contributed by atoms with Gasteiger partial charge >= 0.3 is 11.9 Å². The first kappa shape index (κ1) is 15.1. The quantitative estimate of drug-likeness (QED) is 0.874. The van der Waals surface area contributed by atoms with Gasteiger partial charge in [-0.25, -0.2) is 9.59 Å². The number of benzene rings is 2. The Kier molecular flexibility index (Phi) is 4.65. The number of hydrogen-bond acceptors (Lipinski definition) is 4. The smallest absolute Gasteiger partial charge is 0.339 e. The van der Waals surface area contributed by atoms with E-state index in [4.69, 9.17) is 4.74 Å². The Balaban J connectivity index is 2.46. The number of hydrogen-bond donors (Lipinski definition) is 1. The zero-order valence-corrected chi connectivity index (χ0v) is 12.4. The predicted octanol–water partition coefficient (Wildman–Crippen LogP) is 3.63. The largest absolute Gasteiger partial charge is 0.478 e. The molecule has 0 radical (unpaired) electrons. The maximum Gasteiger partial charge on any atom is 0.339 e. The number of carbonyl (C=O) groups excluding carboxylic acids is 1. The number of methoxy groups -OCH3 is 1. The SMILES string of the molecule is COC(=O)c1ccc(C)cc1Sc1ccccc1C(=O)O. The van der Waals surface area contributed by atoms with Gasteiger partial charge in [0, 0.05) is 9.79 Å². The maximum atomic E-state index is 11.8. The molecule has 0 saturated carbocycles. The van der Waals surface area contributed by atoms with Crippen LogP contribution in [0.2, 0.25) is 0 Å². The lowest BCUT2D eigenvalue weighted by Crippen LogP contribution is -2.04. The Morgan fingerprint density at radius 1 is 1.05 bits per heavy atom. The van der Waals surface area contributed by atoms with E-state index in [1.165, 1.54) is 24.9 Å². The van der Waals surface area contributed by atoms with Gasteiger partial charge in [-0.1, -0.05) is 30.0 Å². The van der Waals surface area contributed by atoms with Crippen LogP contribution in [-0.2, 0) is 4.74 Å². The lowest BCUT2D eigenvalue weighted by molar-refractivity contribution is 0.0596. The molecule has 1 N–H and O–H groups in total. The molecule has 108 valence electrons. The highest BCUT2D eigenvalue weighted by Crippen LogP contribution is 2.33. The molecule has 2 aromatic rings. The highest BCUT2D eigenvalue weighted by Gasteiger charge is 2.16. The van der Waals surface area contributed by atoms with Crippen LogP contribution in [0, 0.1) is 6.92 Å². The van der Waals surface area contributed by atoms with Crippen molar-refractivity contribution in [2.45, 2.75) is 16.7 Å². The average Bonchev–Trinajstić information content (AvgIpc) is 2.47. The fourth-order valence-corrected chi connectivity index (χ4v) is 3.00. The molecular formula is C16H14O4S. The van der Waals surface area contributed by atoms with E-state index in [2.05, 4.69) is 0 Å². The third kappa shape index (κ3) is 3.44. The van der Waals surface area contributed by atoms with Gasteiger partial charge < -0.3 is 9.84 Å².